The summed E-state index contributed by atoms with van der Waals surface area (Å²) >= 11 is 5.85. The number of carbonyl (C=O) groups excluding carboxylic acids is 1. The molecule has 1 aliphatic heterocycles. The summed E-state index contributed by atoms with van der Waals surface area (Å²) in [5, 5.41) is 0.732. The van der Waals surface area contributed by atoms with Crippen molar-refractivity contribution in [2.24, 2.45) is 0 Å². The third-order valence-corrected chi connectivity index (χ3v) is 4.60. The van der Waals surface area contributed by atoms with E-state index in [-0.39, 0.29) is 6.09 Å². The molecule has 0 aliphatic carbocycles. The van der Waals surface area contributed by atoms with Crippen LogP contribution in [0.2, 0.25) is 5.02 Å². The molecule has 0 bridgehead atoms. The average molecular weight is 369 g/mol. The summed E-state index contributed by atoms with van der Waals surface area (Å²) in [7, 11) is 0. The van der Waals surface area contributed by atoms with Gasteiger partial charge in [0.25, 0.3) is 0 Å². The fourth-order valence-electron chi connectivity index (χ4n) is 2.88. The molecule has 0 spiro atoms. The largest absolute Gasteiger partial charge is 0.494 e. The van der Waals surface area contributed by atoms with E-state index in [9.17, 15) is 4.79 Å². The first kappa shape index (κ1) is 19.9. The number of rotatable bonds is 9. The van der Waals surface area contributed by atoms with Gasteiger partial charge < -0.3 is 14.4 Å². The number of unbranched alkanes of at least 4 members (excludes halogenated alkanes) is 3. The third-order valence-electron chi connectivity index (χ3n) is 4.35. The molecular formula is C19H29ClN2O3. The van der Waals surface area contributed by atoms with Crippen LogP contribution >= 0.6 is 11.6 Å². The monoisotopic (exact) mass is 368 g/mol. The molecule has 0 atom stereocenters. The normalized spacial score (nSPS) is 15.2. The molecule has 0 radical (unpaired) electrons. The zero-order chi connectivity index (χ0) is 17.9. The summed E-state index contributed by atoms with van der Waals surface area (Å²) < 4.78 is 10.7. The van der Waals surface area contributed by atoms with Gasteiger partial charge in [-0.2, -0.15) is 0 Å². The number of hydrogen-bond donors (Lipinski definition) is 0. The smallest absolute Gasteiger partial charge is 0.409 e. The van der Waals surface area contributed by atoms with Crippen molar-refractivity contribution in [3.8, 4) is 5.75 Å². The SMILES string of the molecule is CCOC(=O)N1CCN(CCCCCCOc2ccc(Cl)cc2)CC1. The van der Waals surface area contributed by atoms with Crippen molar-refractivity contribution < 1.29 is 14.3 Å². The second kappa shape index (κ2) is 11.2. The molecule has 0 aromatic heterocycles. The van der Waals surface area contributed by atoms with E-state index >= 15 is 0 Å². The first-order chi connectivity index (χ1) is 12.2. The summed E-state index contributed by atoms with van der Waals surface area (Å²) in [4.78, 5) is 15.9. The first-order valence-corrected chi connectivity index (χ1v) is 9.59. The summed E-state index contributed by atoms with van der Waals surface area (Å²) in [5.74, 6) is 0.879. The van der Waals surface area contributed by atoms with Crippen LogP contribution in [-0.2, 0) is 4.74 Å². The molecule has 5 nitrogen and oxygen atoms in total. The number of piperazine rings is 1. The van der Waals surface area contributed by atoms with Gasteiger partial charge in [0.1, 0.15) is 5.75 Å². The molecule has 1 amide bonds. The molecule has 1 aromatic carbocycles. The van der Waals surface area contributed by atoms with E-state index in [1.54, 1.807) is 4.90 Å². The van der Waals surface area contributed by atoms with E-state index in [1.165, 1.54) is 19.3 Å². The summed E-state index contributed by atoms with van der Waals surface area (Å²) in [6, 6.07) is 7.49. The Hall–Kier alpha value is -1.46. The predicted molar refractivity (Wildman–Crippen MR) is 100 cm³/mol. The zero-order valence-electron chi connectivity index (χ0n) is 15.1. The molecule has 0 N–H and O–H groups in total. The quantitative estimate of drug-likeness (QED) is 0.616. The van der Waals surface area contributed by atoms with Gasteiger partial charge in [-0.15, -0.1) is 0 Å². The van der Waals surface area contributed by atoms with Gasteiger partial charge in [0, 0.05) is 31.2 Å². The Balaban J connectivity index is 1.46. The van der Waals surface area contributed by atoms with Crippen molar-refractivity contribution in [2.45, 2.75) is 32.6 Å². The van der Waals surface area contributed by atoms with Crippen LogP contribution in [-0.4, -0.2) is 61.8 Å². The van der Waals surface area contributed by atoms with Crippen LogP contribution in [0.1, 0.15) is 32.6 Å². The number of hydrogen-bond acceptors (Lipinski definition) is 4. The summed E-state index contributed by atoms with van der Waals surface area (Å²) in [5.41, 5.74) is 0. The van der Waals surface area contributed by atoms with Gasteiger partial charge in [-0.25, -0.2) is 4.79 Å². The van der Waals surface area contributed by atoms with Crippen LogP contribution in [0, 0.1) is 0 Å². The van der Waals surface area contributed by atoms with Crippen LogP contribution in [0.3, 0.4) is 0 Å². The molecule has 2 rings (SSSR count). The Kier molecular flexibility index (Phi) is 8.91. The minimum Gasteiger partial charge on any atom is -0.494 e. The molecule has 1 saturated heterocycles. The second-order valence-electron chi connectivity index (χ2n) is 6.24. The van der Waals surface area contributed by atoms with Gasteiger partial charge in [-0.05, 0) is 50.6 Å². The highest BCUT2D eigenvalue weighted by atomic mass is 35.5. The van der Waals surface area contributed by atoms with Crippen molar-refractivity contribution in [3.05, 3.63) is 29.3 Å². The Morgan fingerprint density at radius 2 is 1.72 bits per heavy atom. The minimum absolute atomic E-state index is 0.178. The summed E-state index contributed by atoms with van der Waals surface area (Å²) in [6.07, 6.45) is 4.47. The first-order valence-electron chi connectivity index (χ1n) is 9.21. The van der Waals surface area contributed by atoms with Gasteiger partial charge in [0.2, 0.25) is 0 Å². The number of amides is 1. The van der Waals surface area contributed by atoms with Gasteiger partial charge in [-0.3, -0.25) is 4.90 Å². The van der Waals surface area contributed by atoms with E-state index in [4.69, 9.17) is 21.1 Å². The van der Waals surface area contributed by atoms with Crippen molar-refractivity contribution >= 4 is 17.7 Å². The molecule has 1 heterocycles. The topological polar surface area (TPSA) is 42.0 Å². The molecule has 0 unspecified atom stereocenters. The lowest BCUT2D eigenvalue weighted by Gasteiger charge is -2.34. The van der Waals surface area contributed by atoms with Crippen LogP contribution in [0.25, 0.3) is 0 Å². The van der Waals surface area contributed by atoms with Crippen molar-refractivity contribution in [1.82, 2.24) is 9.80 Å². The lowest BCUT2D eigenvalue weighted by Crippen LogP contribution is -2.49. The van der Waals surface area contributed by atoms with E-state index < -0.39 is 0 Å². The zero-order valence-corrected chi connectivity index (χ0v) is 15.8. The molecule has 140 valence electrons. The maximum Gasteiger partial charge on any atom is 0.409 e. The van der Waals surface area contributed by atoms with Crippen LogP contribution in [0.4, 0.5) is 4.79 Å². The Morgan fingerprint density at radius 3 is 2.40 bits per heavy atom. The van der Waals surface area contributed by atoms with Gasteiger partial charge in [-0.1, -0.05) is 24.4 Å². The molecule has 6 heteroatoms. The fraction of sp³-hybridized carbons (Fsp3) is 0.632. The fourth-order valence-corrected chi connectivity index (χ4v) is 3.01. The van der Waals surface area contributed by atoms with E-state index in [0.717, 1.165) is 56.5 Å². The van der Waals surface area contributed by atoms with Crippen LogP contribution in [0.15, 0.2) is 24.3 Å². The maximum absolute atomic E-state index is 11.7. The second-order valence-corrected chi connectivity index (χ2v) is 6.68. The maximum atomic E-state index is 11.7. The minimum atomic E-state index is -0.178. The van der Waals surface area contributed by atoms with Gasteiger partial charge in [0.15, 0.2) is 0 Å². The molecule has 1 aromatic rings. The Morgan fingerprint density at radius 1 is 1.04 bits per heavy atom. The lowest BCUT2D eigenvalue weighted by molar-refractivity contribution is 0.0792. The molecular weight excluding hydrogens is 340 g/mol. The number of halogens is 1. The highest BCUT2D eigenvalue weighted by Crippen LogP contribution is 2.16. The van der Waals surface area contributed by atoms with E-state index in [1.807, 2.05) is 31.2 Å². The molecule has 1 fully saturated rings. The number of ether oxygens (including phenoxy) is 2. The number of benzene rings is 1. The third kappa shape index (κ3) is 7.53. The van der Waals surface area contributed by atoms with E-state index in [2.05, 4.69) is 4.90 Å². The Bertz CT molecular complexity index is 502. The van der Waals surface area contributed by atoms with Crippen molar-refractivity contribution in [1.29, 1.82) is 0 Å². The lowest BCUT2D eigenvalue weighted by atomic mass is 10.2. The molecule has 0 saturated carbocycles. The van der Waals surface area contributed by atoms with Gasteiger partial charge >= 0.3 is 6.09 Å². The van der Waals surface area contributed by atoms with Crippen LogP contribution in [0.5, 0.6) is 5.75 Å². The summed E-state index contributed by atoms with van der Waals surface area (Å²) in [6.45, 7) is 7.57. The highest BCUT2D eigenvalue weighted by Gasteiger charge is 2.21. The Labute approximate surface area is 155 Å². The molecule has 1 aliphatic rings. The van der Waals surface area contributed by atoms with Crippen LogP contribution < -0.4 is 4.74 Å². The average Bonchev–Trinajstić information content (AvgIpc) is 2.63. The predicted octanol–water partition coefficient (Wildman–Crippen LogP) is 4.05. The number of carbonyl (C=O) groups is 1. The highest BCUT2D eigenvalue weighted by molar-refractivity contribution is 6.30. The van der Waals surface area contributed by atoms with Crippen molar-refractivity contribution in [3.63, 3.8) is 0 Å². The molecule has 25 heavy (non-hydrogen) atoms. The van der Waals surface area contributed by atoms with E-state index in [0.29, 0.717) is 6.61 Å². The van der Waals surface area contributed by atoms with Crippen molar-refractivity contribution in [2.75, 3.05) is 45.9 Å². The standard InChI is InChI=1S/C19H29ClN2O3/c1-2-24-19(23)22-14-12-21(13-15-22)11-5-3-4-6-16-25-18-9-7-17(20)8-10-18/h7-10H,2-6,11-16H2,1H3. The number of nitrogens with zero attached hydrogens (tertiary/aromatic N) is 2. The van der Waals surface area contributed by atoms with Gasteiger partial charge in [0.05, 0.1) is 13.2 Å².